The van der Waals surface area contributed by atoms with E-state index in [1.165, 1.54) is 12.8 Å². The third-order valence-corrected chi connectivity index (χ3v) is 4.23. The van der Waals surface area contributed by atoms with Crippen molar-refractivity contribution in [3.8, 4) is 0 Å². The molecule has 5 nitrogen and oxygen atoms in total. The third kappa shape index (κ3) is 2.77. The van der Waals surface area contributed by atoms with E-state index in [0.717, 1.165) is 37.7 Å². The van der Waals surface area contributed by atoms with E-state index in [0.29, 0.717) is 6.04 Å². The summed E-state index contributed by atoms with van der Waals surface area (Å²) in [6.07, 6.45) is 2.61. The van der Waals surface area contributed by atoms with Gasteiger partial charge in [-0.25, -0.2) is 0 Å². The predicted octanol–water partition coefficient (Wildman–Crippen LogP) is 1.78. The molecule has 2 heterocycles. The number of rotatable bonds is 3. The minimum absolute atomic E-state index is 0.167. The molecule has 102 valence electrons. The van der Waals surface area contributed by atoms with Crippen LogP contribution in [0.15, 0.2) is 24.3 Å². The number of non-ortho nitro benzene ring substituents is 1. The van der Waals surface area contributed by atoms with Gasteiger partial charge in [-0.1, -0.05) is 12.1 Å². The van der Waals surface area contributed by atoms with Crippen molar-refractivity contribution in [3.63, 3.8) is 0 Å². The van der Waals surface area contributed by atoms with Crippen molar-refractivity contribution in [3.05, 3.63) is 39.9 Å². The Labute approximate surface area is 112 Å². The number of nitrogens with one attached hydrogen (secondary N) is 1. The molecule has 1 N–H and O–H groups in total. The number of nitro benzene ring substituents is 1. The van der Waals surface area contributed by atoms with Gasteiger partial charge in [0, 0.05) is 37.8 Å². The summed E-state index contributed by atoms with van der Waals surface area (Å²) in [5.74, 6) is 0.784. The fraction of sp³-hybridized carbons (Fsp3) is 0.571. The first-order valence-corrected chi connectivity index (χ1v) is 6.91. The highest BCUT2D eigenvalue weighted by Crippen LogP contribution is 2.26. The van der Waals surface area contributed by atoms with Crippen LogP contribution in [-0.4, -0.2) is 35.5 Å². The van der Waals surface area contributed by atoms with Gasteiger partial charge in [-0.05, 0) is 30.9 Å². The maximum Gasteiger partial charge on any atom is 0.269 e. The SMILES string of the molecule is O=[N+]([O-])c1ccc(CN2CC3CCCNC3C2)cc1. The van der Waals surface area contributed by atoms with Crippen LogP contribution in [0.3, 0.4) is 0 Å². The highest BCUT2D eigenvalue weighted by Gasteiger charge is 2.33. The summed E-state index contributed by atoms with van der Waals surface area (Å²) < 4.78 is 0. The van der Waals surface area contributed by atoms with Gasteiger partial charge in [0.2, 0.25) is 0 Å². The zero-order valence-electron chi connectivity index (χ0n) is 10.9. The molecule has 2 saturated heterocycles. The molecular formula is C14H19N3O2. The molecule has 0 saturated carbocycles. The standard InChI is InChI=1S/C14H19N3O2/c18-17(19)13-5-3-11(4-6-13)8-16-9-12-2-1-7-15-14(12)10-16/h3-6,12,14-15H,1-2,7-10H2. The summed E-state index contributed by atoms with van der Waals surface area (Å²) in [6.45, 7) is 4.29. The maximum absolute atomic E-state index is 10.6. The van der Waals surface area contributed by atoms with Crippen molar-refractivity contribution in [2.24, 2.45) is 5.92 Å². The molecule has 2 unspecified atom stereocenters. The number of hydrogen-bond acceptors (Lipinski definition) is 4. The maximum atomic E-state index is 10.6. The van der Waals surface area contributed by atoms with Gasteiger partial charge < -0.3 is 5.32 Å². The molecular weight excluding hydrogens is 242 g/mol. The molecule has 0 aromatic heterocycles. The van der Waals surface area contributed by atoms with Crippen LogP contribution in [0.2, 0.25) is 0 Å². The van der Waals surface area contributed by atoms with E-state index < -0.39 is 0 Å². The quantitative estimate of drug-likeness (QED) is 0.665. The van der Waals surface area contributed by atoms with Crippen LogP contribution in [0.4, 0.5) is 5.69 Å². The third-order valence-electron chi connectivity index (χ3n) is 4.23. The lowest BCUT2D eigenvalue weighted by atomic mass is 9.94. The van der Waals surface area contributed by atoms with Crippen LogP contribution in [0, 0.1) is 16.0 Å². The van der Waals surface area contributed by atoms with Crippen LogP contribution >= 0.6 is 0 Å². The summed E-state index contributed by atoms with van der Waals surface area (Å²) in [4.78, 5) is 12.7. The number of hydrogen-bond donors (Lipinski definition) is 1. The number of likely N-dealkylation sites (tertiary alicyclic amines) is 1. The lowest BCUT2D eigenvalue weighted by Crippen LogP contribution is -2.40. The van der Waals surface area contributed by atoms with E-state index in [9.17, 15) is 10.1 Å². The molecule has 5 heteroatoms. The zero-order chi connectivity index (χ0) is 13.2. The van der Waals surface area contributed by atoms with Crippen LogP contribution < -0.4 is 5.32 Å². The Balaban J connectivity index is 1.61. The van der Waals surface area contributed by atoms with Crippen molar-refractivity contribution >= 4 is 5.69 Å². The van der Waals surface area contributed by atoms with Crippen LogP contribution in [0.1, 0.15) is 18.4 Å². The Morgan fingerprint density at radius 2 is 2.11 bits per heavy atom. The highest BCUT2D eigenvalue weighted by atomic mass is 16.6. The molecule has 1 aromatic rings. The monoisotopic (exact) mass is 261 g/mol. The Hall–Kier alpha value is -1.46. The molecule has 0 bridgehead atoms. The molecule has 3 rings (SSSR count). The Bertz CT molecular complexity index is 446. The normalized spacial score (nSPS) is 27.2. The molecule has 2 atom stereocenters. The summed E-state index contributed by atoms with van der Waals surface area (Å²) in [7, 11) is 0. The fourth-order valence-corrected chi connectivity index (χ4v) is 3.25. The second-order valence-electron chi connectivity index (χ2n) is 5.58. The molecule has 1 aromatic carbocycles. The number of benzene rings is 1. The van der Waals surface area contributed by atoms with Crippen molar-refractivity contribution in [1.29, 1.82) is 0 Å². The van der Waals surface area contributed by atoms with Gasteiger partial charge in [-0.15, -0.1) is 0 Å². The smallest absolute Gasteiger partial charge is 0.269 e. The van der Waals surface area contributed by atoms with Crippen molar-refractivity contribution in [2.45, 2.75) is 25.4 Å². The van der Waals surface area contributed by atoms with E-state index in [1.54, 1.807) is 12.1 Å². The molecule has 2 aliphatic rings. The molecule has 0 spiro atoms. The van der Waals surface area contributed by atoms with Crippen LogP contribution in [-0.2, 0) is 6.54 Å². The van der Waals surface area contributed by atoms with E-state index in [-0.39, 0.29) is 10.6 Å². The van der Waals surface area contributed by atoms with E-state index in [4.69, 9.17) is 0 Å². The number of fused-ring (bicyclic) bond motifs is 1. The van der Waals surface area contributed by atoms with E-state index in [2.05, 4.69) is 10.2 Å². The van der Waals surface area contributed by atoms with Gasteiger partial charge in [0.15, 0.2) is 0 Å². The van der Waals surface area contributed by atoms with Crippen molar-refractivity contribution in [1.82, 2.24) is 10.2 Å². The minimum Gasteiger partial charge on any atom is -0.312 e. The van der Waals surface area contributed by atoms with E-state index in [1.807, 2.05) is 12.1 Å². The summed E-state index contributed by atoms with van der Waals surface area (Å²) in [5.41, 5.74) is 1.32. The zero-order valence-corrected chi connectivity index (χ0v) is 10.9. The first-order valence-electron chi connectivity index (χ1n) is 6.91. The van der Waals surface area contributed by atoms with Gasteiger partial charge in [-0.2, -0.15) is 0 Å². The summed E-state index contributed by atoms with van der Waals surface area (Å²) >= 11 is 0. The number of piperidine rings is 1. The Morgan fingerprint density at radius 1 is 1.32 bits per heavy atom. The lowest BCUT2D eigenvalue weighted by Gasteiger charge is -2.24. The van der Waals surface area contributed by atoms with Gasteiger partial charge in [0.05, 0.1) is 4.92 Å². The lowest BCUT2D eigenvalue weighted by molar-refractivity contribution is -0.384. The average Bonchev–Trinajstić information content (AvgIpc) is 2.81. The van der Waals surface area contributed by atoms with Gasteiger partial charge >= 0.3 is 0 Å². The Kier molecular flexibility index (Phi) is 3.48. The average molecular weight is 261 g/mol. The molecule has 0 amide bonds. The summed E-state index contributed by atoms with van der Waals surface area (Å²) in [6, 6.07) is 7.57. The van der Waals surface area contributed by atoms with Crippen molar-refractivity contribution < 1.29 is 4.92 Å². The van der Waals surface area contributed by atoms with Gasteiger partial charge in [-0.3, -0.25) is 15.0 Å². The predicted molar refractivity (Wildman–Crippen MR) is 72.9 cm³/mol. The largest absolute Gasteiger partial charge is 0.312 e. The molecule has 2 fully saturated rings. The van der Waals surface area contributed by atoms with E-state index >= 15 is 0 Å². The number of nitro groups is 1. The van der Waals surface area contributed by atoms with Crippen molar-refractivity contribution in [2.75, 3.05) is 19.6 Å². The molecule has 19 heavy (non-hydrogen) atoms. The number of nitrogens with zero attached hydrogens (tertiary/aromatic N) is 2. The first kappa shape index (κ1) is 12.6. The fourth-order valence-electron chi connectivity index (χ4n) is 3.25. The van der Waals surface area contributed by atoms with Crippen LogP contribution in [0.5, 0.6) is 0 Å². The molecule has 2 aliphatic heterocycles. The van der Waals surface area contributed by atoms with Gasteiger partial charge in [0.25, 0.3) is 5.69 Å². The van der Waals surface area contributed by atoms with Gasteiger partial charge in [0.1, 0.15) is 0 Å². The Morgan fingerprint density at radius 3 is 2.79 bits per heavy atom. The van der Waals surface area contributed by atoms with Crippen LogP contribution in [0.25, 0.3) is 0 Å². The second kappa shape index (κ2) is 5.27. The summed E-state index contributed by atoms with van der Waals surface area (Å²) in [5, 5.41) is 14.2. The topological polar surface area (TPSA) is 58.4 Å². The highest BCUT2D eigenvalue weighted by molar-refractivity contribution is 5.32. The first-order chi connectivity index (χ1) is 9.22. The molecule has 0 aliphatic carbocycles. The second-order valence-corrected chi connectivity index (χ2v) is 5.58. The minimum atomic E-state index is -0.349. The molecule has 0 radical (unpaired) electrons.